The second-order valence-corrected chi connectivity index (χ2v) is 6.34. The fourth-order valence-corrected chi connectivity index (χ4v) is 2.57. The smallest absolute Gasteiger partial charge is 0.388 e. The van der Waals surface area contributed by atoms with Crippen molar-refractivity contribution < 1.29 is 23.4 Å². The standard InChI is InChI=1S/C17H16BrF3O2/c1-10(16(23)12-4-8-14(18)9-5-12)15(22)11-2-6-13(7-3-11)17(19,20)21/h2-10,15-16,22-23H,1H3/t10-,15-,16-/m0/s1. The van der Waals surface area contributed by atoms with E-state index in [2.05, 4.69) is 15.9 Å². The van der Waals surface area contributed by atoms with E-state index in [1.807, 2.05) is 0 Å². The van der Waals surface area contributed by atoms with Gasteiger partial charge in [-0.3, -0.25) is 0 Å². The van der Waals surface area contributed by atoms with Crippen LogP contribution in [-0.4, -0.2) is 10.2 Å². The summed E-state index contributed by atoms with van der Waals surface area (Å²) in [5.41, 5.74) is 0.197. The normalized spacial score (nSPS) is 16.0. The van der Waals surface area contributed by atoms with Crippen molar-refractivity contribution in [1.82, 2.24) is 0 Å². The number of aliphatic hydroxyl groups is 2. The van der Waals surface area contributed by atoms with Crippen LogP contribution in [0.1, 0.15) is 35.8 Å². The zero-order valence-corrected chi connectivity index (χ0v) is 13.8. The average Bonchev–Trinajstić information content (AvgIpc) is 2.53. The predicted octanol–water partition coefficient (Wildman–Crippen LogP) is 4.87. The average molecular weight is 389 g/mol. The van der Waals surface area contributed by atoms with Crippen LogP contribution in [0.3, 0.4) is 0 Å². The first kappa shape index (κ1) is 18.0. The molecular weight excluding hydrogens is 373 g/mol. The van der Waals surface area contributed by atoms with Crippen LogP contribution in [0.15, 0.2) is 53.0 Å². The molecule has 124 valence electrons. The number of aliphatic hydroxyl groups excluding tert-OH is 2. The third-order valence-electron chi connectivity index (χ3n) is 3.79. The second-order valence-electron chi connectivity index (χ2n) is 5.42. The van der Waals surface area contributed by atoms with Crippen LogP contribution in [0, 0.1) is 5.92 Å². The molecule has 0 amide bonds. The van der Waals surface area contributed by atoms with Crippen LogP contribution >= 0.6 is 15.9 Å². The van der Waals surface area contributed by atoms with E-state index < -0.39 is 29.9 Å². The van der Waals surface area contributed by atoms with Crippen molar-refractivity contribution in [1.29, 1.82) is 0 Å². The Labute approximate surface area is 140 Å². The molecule has 0 heterocycles. The van der Waals surface area contributed by atoms with Crippen molar-refractivity contribution in [2.75, 3.05) is 0 Å². The molecule has 0 bridgehead atoms. The first-order valence-electron chi connectivity index (χ1n) is 6.99. The first-order valence-corrected chi connectivity index (χ1v) is 7.78. The van der Waals surface area contributed by atoms with Gasteiger partial charge in [0.05, 0.1) is 17.8 Å². The highest BCUT2D eigenvalue weighted by Crippen LogP contribution is 2.35. The summed E-state index contributed by atoms with van der Waals surface area (Å²) in [6.45, 7) is 1.65. The van der Waals surface area contributed by atoms with Gasteiger partial charge in [0.15, 0.2) is 0 Å². The van der Waals surface area contributed by atoms with E-state index in [1.54, 1.807) is 31.2 Å². The van der Waals surface area contributed by atoms with Crippen LogP contribution in [0.4, 0.5) is 13.2 Å². The van der Waals surface area contributed by atoms with Gasteiger partial charge >= 0.3 is 6.18 Å². The molecule has 0 saturated carbocycles. The van der Waals surface area contributed by atoms with Gasteiger partial charge in [0.25, 0.3) is 0 Å². The Balaban J connectivity index is 2.15. The van der Waals surface area contributed by atoms with Crippen molar-refractivity contribution in [2.45, 2.75) is 25.3 Å². The van der Waals surface area contributed by atoms with Crippen LogP contribution in [0.2, 0.25) is 0 Å². The Morgan fingerprint density at radius 2 is 1.22 bits per heavy atom. The summed E-state index contributed by atoms with van der Waals surface area (Å²) in [5, 5.41) is 20.7. The molecule has 0 unspecified atom stereocenters. The van der Waals surface area contributed by atoms with Gasteiger partial charge in [0.2, 0.25) is 0 Å². The lowest BCUT2D eigenvalue weighted by molar-refractivity contribution is -0.137. The lowest BCUT2D eigenvalue weighted by atomic mass is 9.88. The summed E-state index contributed by atoms with van der Waals surface area (Å²) < 4.78 is 38.5. The summed E-state index contributed by atoms with van der Waals surface area (Å²) in [7, 11) is 0. The zero-order valence-electron chi connectivity index (χ0n) is 12.3. The molecule has 2 aromatic rings. The van der Waals surface area contributed by atoms with Crippen molar-refractivity contribution >= 4 is 15.9 Å². The molecule has 0 aliphatic carbocycles. The molecule has 0 saturated heterocycles. The van der Waals surface area contributed by atoms with E-state index in [9.17, 15) is 23.4 Å². The summed E-state index contributed by atoms with van der Waals surface area (Å²) in [6, 6.07) is 11.3. The lowest BCUT2D eigenvalue weighted by Crippen LogP contribution is -2.18. The van der Waals surface area contributed by atoms with Crippen molar-refractivity contribution in [3.8, 4) is 0 Å². The van der Waals surface area contributed by atoms with E-state index in [0.29, 0.717) is 11.1 Å². The maximum atomic E-state index is 12.6. The molecule has 3 atom stereocenters. The molecule has 6 heteroatoms. The van der Waals surface area contributed by atoms with Crippen LogP contribution in [-0.2, 0) is 6.18 Å². The minimum absolute atomic E-state index is 0.335. The van der Waals surface area contributed by atoms with Gasteiger partial charge < -0.3 is 10.2 Å². The van der Waals surface area contributed by atoms with Gasteiger partial charge in [0.1, 0.15) is 0 Å². The summed E-state index contributed by atoms with van der Waals surface area (Å²) in [5.74, 6) is -0.576. The third kappa shape index (κ3) is 4.34. The summed E-state index contributed by atoms with van der Waals surface area (Å²) in [6.07, 6.45) is -6.41. The molecule has 2 nitrogen and oxygen atoms in total. The highest BCUT2D eigenvalue weighted by atomic mass is 79.9. The van der Waals surface area contributed by atoms with Crippen molar-refractivity contribution in [3.05, 3.63) is 69.7 Å². The number of hydrogen-bond donors (Lipinski definition) is 2. The summed E-state index contributed by atoms with van der Waals surface area (Å²) >= 11 is 3.30. The molecule has 2 rings (SSSR count). The fourth-order valence-electron chi connectivity index (χ4n) is 2.31. The molecule has 0 fully saturated rings. The molecule has 0 aliphatic rings. The Bertz CT molecular complexity index is 638. The molecule has 2 N–H and O–H groups in total. The molecule has 0 aromatic heterocycles. The molecule has 0 radical (unpaired) electrons. The van der Waals surface area contributed by atoms with Gasteiger partial charge in [-0.15, -0.1) is 0 Å². The van der Waals surface area contributed by atoms with Gasteiger partial charge in [-0.2, -0.15) is 13.2 Å². The monoisotopic (exact) mass is 388 g/mol. The second kappa shape index (κ2) is 7.03. The maximum Gasteiger partial charge on any atom is 0.416 e. The topological polar surface area (TPSA) is 40.5 Å². The van der Waals surface area contributed by atoms with Gasteiger partial charge in [-0.25, -0.2) is 0 Å². The van der Waals surface area contributed by atoms with E-state index in [0.717, 1.165) is 16.6 Å². The first-order chi connectivity index (χ1) is 10.7. The number of halogens is 4. The maximum absolute atomic E-state index is 12.6. The highest BCUT2D eigenvalue weighted by molar-refractivity contribution is 9.10. The van der Waals surface area contributed by atoms with Crippen LogP contribution < -0.4 is 0 Å². The summed E-state index contributed by atoms with van der Waals surface area (Å²) in [4.78, 5) is 0. The molecule has 0 spiro atoms. The molecule has 23 heavy (non-hydrogen) atoms. The third-order valence-corrected chi connectivity index (χ3v) is 4.32. The van der Waals surface area contributed by atoms with Gasteiger partial charge in [-0.05, 0) is 35.4 Å². The SMILES string of the molecule is C[C@H]([C@H](O)c1ccc(Br)cc1)[C@H](O)c1ccc(C(F)(F)F)cc1. The van der Waals surface area contributed by atoms with E-state index in [-0.39, 0.29) is 0 Å². The Morgan fingerprint density at radius 3 is 1.61 bits per heavy atom. The van der Waals surface area contributed by atoms with Crippen LogP contribution in [0.5, 0.6) is 0 Å². The molecule has 2 aromatic carbocycles. The quantitative estimate of drug-likeness (QED) is 0.783. The lowest BCUT2D eigenvalue weighted by Gasteiger charge is -2.25. The highest BCUT2D eigenvalue weighted by Gasteiger charge is 2.31. The molecular formula is C17H16BrF3O2. The number of alkyl halides is 3. The molecule has 0 aliphatic heterocycles. The Hall–Kier alpha value is -1.37. The van der Waals surface area contributed by atoms with Crippen LogP contribution in [0.25, 0.3) is 0 Å². The largest absolute Gasteiger partial charge is 0.416 e. The van der Waals surface area contributed by atoms with Gasteiger partial charge in [0, 0.05) is 10.4 Å². The van der Waals surface area contributed by atoms with Crippen molar-refractivity contribution in [2.24, 2.45) is 5.92 Å². The van der Waals surface area contributed by atoms with E-state index in [4.69, 9.17) is 0 Å². The Kier molecular flexibility index (Phi) is 5.49. The number of rotatable bonds is 4. The van der Waals surface area contributed by atoms with Crippen molar-refractivity contribution in [3.63, 3.8) is 0 Å². The van der Waals surface area contributed by atoms with E-state index in [1.165, 1.54) is 12.1 Å². The van der Waals surface area contributed by atoms with E-state index >= 15 is 0 Å². The number of hydrogen-bond acceptors (Lipinski definition) is 2. The minimum atomic E-state index is -4.41. The fraction of sp³-hybridized carbons (Fsp3) is 0.294. The zero-order chi connectivity index (χ0) is 17.2. The predicted molar refractivity (Wildman–Crippen MR) is 84.7 cm³/mol. The minimum Gasteiger partial charge on any atom is -0.388 e. The Morgan fingerprint density at radius 1 is 0.826 bits per heavy atom. The van der Waals surface area contributed by atoms with Gasteiger partial charge in [-0.1, -0.05) is 47.1 Å². The number of benzene rings is 2.